The molecule has 0 bridgehead atoms. The maximum absolute atomic E-state index is 13.6. The predicted octanol–water partition coefficient (Wildman–Crippen LogP) is 1.19. The molecule has 224 valence electrons. The zero-order valence-electron chi connectivity index (χ0n) is 21.5. The Balaban J connectivity index is 1.55. The van der Waals surface area contributed by atoms with E-state index in [2.05, 4.69) is 15.4 Å². The number of halogens is 6. The number of nitrogens with one attached hydrogen (secondary N) is 3. The van der Waals surface area contributed by atoms with E-state index >= 15 is 0 Å². The minimum absolute atomic E-state index is 0.0405. The Bertz CT molecular complexity index is 1070. The number of amides is 4. The lowest BCUT2D eigenvalue weighted by Crippen LogP contribution is -2.59. The molecule has 0 aromatic carbocycles. The number of hydrogen-bond donors (Lipinski definition) is 3. The summed E-state index contributed by atoms with van der Waals surface area (Å²) in [5, 5.41) is 6.75. The summed E-state index contributed by atoms with van der Waals surface area (Å²) in [6, 6.07) is -2.76. The topological polar surface area (TPSA) is 134 Å². The van der Waals surface area contributed by atoms with Gasteiger partial charge in [-0.15, -0.1) is 13.2 Å². The Morgan fingerprint density at radius 3 is 2.35 bits per heavy atom. The van der Waals surface area contributed by atoms with E-state index in [0.717, 1.165) is 11.3 Å². The van der Waals surface area contributed by atoms with E-state index in [4.69, 9.17) is 0 Å². The van der Waals surface area contributed by atoms with Crippen molar-refractivity contribution in [1.82, 2.24) is 20.9 Å². The Hall–Kier alpha value is -2.91. The lowest BCUT2D eigenvalue weighted by atomic mass is 9.92. The number of ether oxygens (including phenoxy) is 1. The molecule has 2 aliphatic carbocycles. The maximum Gasteiger partial charge on any atom is 0.522 e. The molecular formula is C24H30F6N4O6. The largest absolute Gasteiger partial charge is 0.522 e. The first kappa shape index (κ1) is 30.1. The summed E-state index contributed by atoms with van der Waals surface area (Å²) in [4.78, 5) is 64.8. The molecule has 0 unspecified atom stereocenters. The van der Waals surface area contributed by atoms with Gasteiger partial charge in [0.05, 0.1) is 6.04 Å². The standard InChI is InChI=1S/C24H30F6N4O6/c1-11-8-22(11,33-20(38)23(25,26)27)21(39)34-9-13-3-2-4-14(13)17(34)19(37)32-15(7-12-5-6-31-18(12)36)16(35)10-40-24(28,29)30/h11-15,17H,2-10H2,1H3,(H,31,36)(H,32,37)(H,33,38)/t11-,12+,13+,14+,15+,17+,22+/m1/s1. The normalized spacial score (nSPS) is 32.3. The molecule has 4 fully saturated rings. The Labute approximate surface area is 224 Å². The van der Waals surface area contributed by atoms with Gasteiger partial charge in [-0.05, 0) is 49.9 Å². The fourth-order valence-corrected chi connectivity index (χ4v) is 6.27. The first-order valence-corrected chi connectivity index (χ1v) is 13.1. The highest BCUT2D eigenvalue weighted by molar-refractivity contribution is 6.00. The molecule has 0 aromatic heterocycles. The number of ketones is 1. The molecular weight excluding hydrogens is 554 g/mol. The molecule has 16 heteroatoms. The lowest BCUT2D eigenvalue weighted by molar-refractivity contribution is -0.321. The van der Waals surface area contributed by atoms with Crippen LogP contribution >= 0.6 is 0 Å². The monoisotopic (exact) mass is 584 g/mol. The molecule has 0 spiro atoms. The highest BCUT2D eigenvalue weighted by atomic mass is 19.4. The van der Waals surface area contributed by atoms with Crippen LogP contribution < -0.4 is 16.0 Å². The quantitative estimate of drug-likeness (QED) is 0.349. The molecule has 4 amide bonds. The second kappa shape index (κ2) is 10.8. The Kier molecular flexibility index (Phi) is 8.13. The Morgan fingerprint density at radius 1 is 1.12 bits per heavy atom. The van der Waals surface area contributed by atoms with Crippen LogP contribution in [0.2, 0.25) is 0 Å². The van der Waals surface area contributed by atoms with Gasteiger partial charge in [0.1, 0.15) is 18.2 Å². The molecule has 10 nitrogen and oxygen atoms in total. The van der Waals surface area contributed by atoms with Crippen LogP contribution in [0, 0.1) is 23.7 Å². The number of hydrogen-bond acceptors (Lipinski definition) is 6. The molecule has 2 saturated carbocycles. The number of Topliss-reactive ketones (excluding diaryl/α,β-unsaturated/α-hetero) is 1. The average molecular weight is 585 g/mol. The summed E-state index contributed by atoms with van der Waals surface area (Å²) < 4.78 is 80.3. The van der Waals surface area contributed by atoms with Crippen LogP contribution in [0.15, 0.2) is 0 Å². The van der Waals surface area contributed by atoms with E-state index in [1.807, 2.05) is 0 Å². The van der Waals surface area contributed by atoms with Crippen molar-refractivity contribution in [1.29, 1.82) is 0 Å². The van der Waals surface area contributed by atoms with Gasteiger partial charge in [0.25, 0.3) is 0 Å². The first-order chi connectivity index (χ1) is 18.5. The molecule has 7 atom stereocenters. The fourth-order valence-electron chi connectivity index (χ4n) is 6.27. The number of alkyl halides is 6. The van der Waals surface area contributed by atoms with E-state index in [9.17, 15) is 50.3 Å². The van der Waals surface area contributed by atoms with Crippen LogP contribution in [0.1, 0.15) is 45.4 Å². The smallest absolute Gasteiger partial charge is 0.356 e. The minimum atomic E-state index is -5.23. The van der Waals surface area contributed by atoms with Crippen molar-refractivity contribution in [2.75, 3.05) is 19.7 Å². The second-order valence-corrected chi connectivity index (χ2v) is 11.1. The van der Waals surface area contributed by atoms with Gasteiger partial charge >= 0.3 is 18.4 Å². The number of nitrogens with zero attached hydrogens (tertiary/aromatic N) is 1. The van der Waals surface area contributed by atoms with Crippen molar-refractivity contribution >= 4 is 29.4 Å². The maximum atomic E-state index is 13.6. The molecule has 3 N–H and O–H groups in total. The number of likely N-dealkylation sites (tertiary alicyclic amines) is 1. The van der Waals surface area contributed by atoms with E-state index in [0.29, 0.717) is 12.8 Å². The number of carbonyl (C=O) groups excluding carboxylic acids is 5. The molecule has 0 aromatic rings. The molecule has 0 radical (unpaired) electrons. The van der Waals surface area contributed by atoms with Gasteiger partial charge in [-0.2, -0.15) is 13.2 Å². The van der Waals surface area contributed by atoms with Crippen molar-refractivity contribution in [2.24, 2.45) is 23.7 Å². The van der Waals surface area contributed by atoms with E-state index < -0.39 is 83.9 Å². The lowest BCUT2D eigenvalue weighted by Gasteiger charge is -2.32. The summed E-state index contributed by atoms with van der Waals surface area (Å²) >= 11 is 0. The van der Waals surface area contributed by atoms with E-state index in [1.165, 1.54) is 6.92 Å². The first-order valence-electron chi connectivity index (χ1n) is 13.1. The van der Waals surface area contributed by atoms with Crippen molar-refractivity contribution in [2.45, 2.75) is 75.6 Å². The second-order valence-electron chi connectivity index (χ2n) is 11.1. The number of carbonyl (C=O) groups is 5. The summed E-state index contributed by atoms with van der Waals surface area (Å²) in [5.74, 6) is -7.51. The van der Waals surface area contributed by atoms with Gasteiger partial charge in [-0.3, -0.25) is 28.7 Å². The van der Waals surface area contributed by atoms with Crippen LogP contribution in [-0.4, -0.2) is 84.2 Å². The van der Waals surface area contributed by atoms with Gasteiger partial charge in [-0.1, -0.05) is 13.3 Å². The van der Waals surface area contributed by atoms with Crippen molar-refractivity contribution in [3.05, 3.63) is 0 Å². The van der Waals surface area contributed by atoms with Crippen molar-refractivity contribution < 1.29 is 55.1 Å². The van der Waals surface area contributed by atoms with Gasteiger partial charge in [0.2, 0.25) is 17.7 Å². The molecule has 4 aliphatic rings. The van der Waals surface area contributed by atoms with Crippen LogP contribution in [0.4, 0.5) is 26.3 Å². The summed E-state index contributed by atoms with van der Waals surface area (Å²) in [6.07, 6.45) is -8.56. The van der Waals surface area contributed by atoms with Crippen LogP contribution in [0.5, 0.6) is 0 Å². The van der Waals surface area contributed by atoms with Crippen molar-refractivity contribution in [3.8, 4) is 0 Å². The zero-order valence-corrected chi connectivity index (χ0v) is 21.5. The van der Waals surface area contributed by atoms with Gasteiger partial charge in [0, 0.05) is 19.0 Å². The van der Waals surface area contributed by atoms with Crippen molar-refractivity contribution in [3.63, 3.8) is 0 Å². The molecule has 2 saturated heterocycles. The summed E-state index contributed by atoms with van der Waals surface area (Å²) in [5.41, 5.74) is -1.85. The third-order valence-corrected chi connectivity index (χ3v) is 8.47. The van der Waals surface area contributed by atoms with Gasteiger partial charge in [0.15, 0.2) is 5.78 Å². The molecule has 2 heterocycles. The molecule has 40 heavy (non-hydrogen) atoms. The summed E-state index contributed by atoms with van der Waals surface area (Å²) in [6.45, 7) is 0.406. The van der Waals surface area contributed by atoms with E-state index in [-0.39, 0.29) is 38.3 Å². The number of fused-ring (bicyclic) bond motifs is 1. The average Bonchev–Trinajstić information content (AvgIpc) is 3.22. The fraction of sp³-hybridized carbons (Fsp3) is 0.792. The van der Waals surface area contributed by atoms with Crippen LogP contribution in [0.3, 0.4) is 0 Å². The van der Waals surface area contributed by atoms with Crippen LogP contribution in [0.25, 0.3) is 0 Å². The third kappa shape index (κ3) is 6.20. The minimum Gasteiger partial charge on any atom is -0.356 e. The molecule has 2 aliphatic heterocycles. The number of rotatable bonds is 9. The summed E-state index contributed by atoms with van der Waals surface area (Å²) in [7, 11) is 0. The Morgan fingerprint density at radius 2 is 1.80 bits per heavy atom. The van der Waals surface area contributed by atoms with Crippen LogP contribution in [-0.2, 0) is 28.7 Å². The molecule has 4 rings (SSSR count). The zero-order chi connectivity index (χ0) is 29.6. The third-order valence-electron chi connectivity index (χ3n) is 8.47. The van der Waals surface area contributed by atoms with Gasteiger partial charge < -0.3 is 20.9 Å². The van der Waals surface area contributed by atoms with E-state index in [1.54, 1.807) is 5.32 Å². The van der Waals surface area contributed by atoms with Gasteiger partial charge in [-0.25, -0.2) is 0 Å². The highest BCUT2D eigenvalue weighted by Gasteiger charge is 2.64. The SMILES string of the molecule is C[C@@H]1C[C@@]1(NC(=O)C(F)(F)F)C(=O)N1C[C@@H]2CCC[C@@H]2[C@H]1C(=O)N[C@@H](C[C@@H]1CCNC1=O)C(=O)COC(F)(F)F. The predicted molar refractivity (Wildman–Crippen MR) is 122 cm³/mol. The highest BCUT2D eigenvalue weighted by Crippen LogP contribution is 2.49.